The van der Waals surface area contributed by atoms with Gasteiger partial charge in [-0.05, 0) is 17.9 Å². The maximum Gasteiger partial charge on any atom is 0.241 e. The zero-order valence-electron chi connectivity index (χ0n) is 9.36. The number of hydrogen-bond donors (Lipinski definition) is 2. The molecule has 16 heavy (non-hydrogen) atoms. The van der Waals surface area contributed by atoms with Crippen LogP contribution in [0.25, 0.3) is 0 Å². The molecule has 1 fully saturated rings. The van der Waals surface area contributed by atoms with Gasteiger partial charge in [0.1, 0.15) is 6.04 Å². The maximum absolute atomic E-state index is 11.7. The van der Waals surface area contributed by atoms with Crippen molar-refractivity contribution in [2.45, 2.75) is 25.3 Å². The highest BCUT2D eigenvalue weighted by Gasteiger charge is 2.21. The van der Waals surface area contributed by atoms with Gasteiger partial charge < -0.3 is 11.1 Å². The van der Waals surface area contributed by atoms with E-state index in [1.54, 1.807) is 0 Å². The summed E-state index contributed by atoms with van der Waals surface area (Å²) in [4.78, 5) is 11.7. The van der Waals surface area contributed by atoms with Crippen LogP contribution in [0.2, 0.25) is 0 Å². The maximum atomic E-state index is 11.7. The zero-order chi connectivity index (χ0) is 11.4. The Hall–Kier alpha value is -1.35. The van der Waals surface area contributed by atoms with Gasteiger partial charge in [-0.2, -0.15) is 0 Å². The Labute approximate surface area is 96.0 Å². The molecule has 1 aromatic rings. The van der Waals surface area contributed by atoms with E-state index < -0.39 is 6.04 Å². The van der Waals surface area contributed by atoms with Crippen molar-refractivity contribution in [3.05, 3.63) is 35.9 Å². The van der Waals surface area contributed by atoms with Gasteiger partial charge in [0.05, 0.1) is 0 Å². The van der Waals surface area contributed by atoms with Gasteiger partial charge in [0, 0.05) is 6.54 Å². The lowest BCUT2D eigenvalue weighted by molar-refractivity contribution is -0.122. The third-order valence-electron chi connectivity index (χ3n) is 2.99. The van der Waals surface area contributed by atoms with E-state index in [1.807, 2.05) is 30.3 Å². The van der Waals surface area contributed by atoms with Crippen molar-refractivity contribution >= 4 is 5.91 Å². The fourth-order valence-electron chi connectivity index (χ4n) is 1.73. The Morgan fingerprint density at radius 3 is 2.69 bits per heavy atom. The molecule has 3 N–H and O–H groups in total. The first-order chi connectivity index (χ1) is 7.77. The van der Waals surface area contributed by atoms with E-state index in [9.17, 15) is 4.79 Å². The highest BCUT2D eigenvalue weighted by molar-refractivity contribution is 5.82. The van der Waals surface area contributed by atoms with Gasteiger partial charge in [-0.1, -0.05) is 43.2 Å². The number of carbonyl (C=O) groups is 1. The summed E-state index contributed by atoms with van der Waals surface area (Å²) < 4.78 is 0. The van der Waals surface area contributed by atoms with Crippen LogP contribution in [0.1, 0.15) is 30.9 Å². The van der Waals surface area contributed by atoms with Gasteiger partial charge in [0.25, 0.3) is 0 Å². The Balaban J connectivity index is 1.79. The lowest BCUT2D eigenvalue weighted by Crippen LogP contribution is -2.34. The second-order valence-corrected chi connectivity index (χ2v) is 4.41. The van der Waals surface area contributed by atoms with Crippen LogP contribution < -0.4 is 11.1 Å². The number of nitrogens with two attached hydrogens (primary N) is 1. The quantitative estimate of drug-likeness (QED) is 0.788. The van der Waals surface area contributed by atoms with E-state index in [-0.39, 0.29) is 5.91 Å². The Morgan fingerprint density at radius 2 is 2.06 bits per heavy atom. The molecule has 3 heteroatoms. The summed E-state index contributed by atoms with van der Waals surface area (Å²) in [5.41, 5.74) is 6.73. The van der Waals surface area contributed by atoms with Crippen LogP contribution >= 0.6 is 0 Å². The topological polar surface area (TPSA) is 55.1 Å². The predicted molar refractivity (Wildman–Crippen MR) is 63.7 cm³/mol. The number of carbonyl (C=O) groups excluding carboxylic acids is 1. The van der Waals surface area contributed by atoms with Crippen molar-refractivity contribution in [1.29, 1.82) is 0 Å². The summed E-state index contributed by atoms with van der Waals surface area (Å²) in [7, 11) is 0. The molecule has 3 nitrogen and oxygen atoms in total. The molecule has 1 aliphatic rings. The third-order valence-corrected chi connectivity index (χ3v) is 2.99. The fraction of sp³-hybridized carbons (Fsp3) is 0.462. The van der Waals surface area contributed by atoms with Crippen molar-refractivity contribution in [2.75, 3.05) is 6.54 Å². The molecule has 86 valence electrons. The molecule has 0 saturated heterocycles. The normalized spacial score (nSPS) is 16.8. The minimum absolute atomic E-state index is 0.0770. The van der Waals surface area contributed by atoms with E-state index in [0.717, 1.165) is 24.4 Å². The first-order valence-corrected chi connectivity index (χ1v) is 5.85. The smallest absolute Gasteiger partial charge is 0.241 e. The molecule has 1 aromatic carbocycles. The summed E-state index contributed by atoms with van der Waals surface area (Å²) in [6.45, 7) is 0.754. The number of nitrogens with one attached hydrogen (secondary N) is 1. The molecule has 0 bridgehead atoms. The summed E-state index contributed by atoms with van der Waals surface area (Å²) >= 11 is 0. The van der Waals surface area contributed by atoms with E-state index in [2.05, 4.69) is 5.32 Å². The fourth-order valence-corrected chi connectivity index (χ4v) is 1.73. The number of benzene rings is 1. The zero-order valence-corrected chi connectivity index (χ0v) is 9.36. The predicted octanol–water partition coefficient (Wildman–Crippen LogP) is 1.60. The molecule has 2 rings (SSSR count). The summed E-state index contributed by atoms with van der Waals surface area (Å²) in [6.07, 6.45) is 3.73. The molecule has 1 atom stereocenters. The van der Waals surface area contributed by atoms with Crippen molar-refractivity contribution < 1.29 is 4.79 Å². The van der Waals surface area contributed by atoms with E-state index in [4.69, 9.17) is 5.73 Å². The summed E-state index contributed by atoms with van der Waals surface area (Å²) in [6, 6.07) is 8.93. The summed E-state index contributed by atoms with van der Waals surface area (Å²) in [5, 5.41) is 2.89. The number of hydrogen-bond acceptors (Lipinski definition) is 2. The van der Waals surface area contributed by atoms with Crippen molar-refractivity contribution in [3.63, 3.8) is 0 Å². The molecule has 0 radical (unpaired) electrons. The molecule has 0 spiro atoms. The Kier molecular flexibility index (Phi) is 3.57. The first-order valence-electron chi connectivity index (χ1n) is 5.85. The molecular weight excluding hydrogens is 200 g/mol. The Bertz CT molecular complexity index is 346. The van der Waals surface area contributed by atoms with Crippen LogP contribution in [-0.2, 0) is 4.79 Å². The molecule has 1 aliphatic carbocycles. The Morgan fingerprint density at radius 1 is 1.38 bits per heavy atom. The summed E-state index contributed by atoms with van der Waals surface area (Å²) in [5.74, 6) is 0.764. The van der Waals surface area contributed by atoms with Crippen molar-refractivity contribution in [3.8, 4) is 0 Å². The third kappa shape index (κ3) is 3.07. The van der Waals surface area contributed by atoms with Gasteiger partial charge >= 0.3 is 0 Å². The van der Waals surface area contributed by atoms with Crippen LogP contribution in [-0.4, -0.2) is 12.5 Å². The SMILES string of the molecule is NC(C(=O)NCCC1CC1)c1ccccc1. The van der Waals surface area contributed by atoms with Crippen LogP contribution in [0.5, 0.6) is 0 Å². The first kappa shape index (κ1) is 11.1. The second kappa shape index (κ2) is 5.12. The van der Waals surface area contributed by atoms with Gasteiger partial charge in [-0.3, -0.25) is 4.79 Å². The van der Waals surface area contributed by atoms with Crippen LogP contribution in [0.15, 0.2) is 30.3 Å². The number of rotatable bonds is 5. The van der Waals surface area contributed by atoms with Gasteiger partial charge in [0.2, 0.25) is 5.91 Å². The highest BCUT2D eigenvalue weighted by Crippen LogP contribution is 2.31. The molecule has 0 aliphatic heterocycles. The average molecular weight is 218 g/mol. The van der Waals surface area contributed by atoms with Crippen molar-refractivity contribution in [1.82, 2.24) is 5.32 Å². The van der Waals surface area contributed by atoms with Gasteiger partial charge in [0.15, 0.2) is 0 Å². The molecular formula is C13H18N2O. The monoisotopic (exact) mass is 218 g/mol. The minimum atomic E-state index is -0.541. The van der Waals surface area contributed by atoms with Gasteiger partial charge in [-0.25, -0.2) is 0 Å². The average Bonchev–Trinajstić information content (AvgIpc) is 3.13. The molecule has 0 heterocycles. The standard InChI is InChI=1S/C13H18N2O/c14-12(11-4-2-1-3-5-11)13(16)15-9-8-10-6-7-10/h1-5,10,12H,6-9,14H2,(H,15,16). The van der Waals surface area contributed by atoms with Crippen LogP contribution in [0.3, 0.4) is 0 Å². The highest BCUT2D eigenvalue weighted by atomic mass is 16.2. The van der Waals surface area contributed by atoms with E-state index in [0.29, 0.717) is 0 Å². The van der Waals surface area contributed by atoms with E-state index in [1.165, 1.54) is 12.8 Å². The van der Waals surface area contributed by atoms with Crippen LogP contribution in [0, 0.1) is 5.92 Å². The van der Waals surface area contributed by atoms with Crippen molar-refractivity contribution in [2.24, 2.45) is 11.7 Å². The number of amides is 1. The second-order valence-electron chi connectivity index (χ2n) is 4.41. The molecule has 1 amide bonds. The molecule has 1 saturated carbocycles. The minimum Gasteiger partial charge on any atom is -0.354 e. The van der Waals surface area contributed by atoms with Crippen LogP contribution in [0.4, 0.5) is 0 Å². The molecule has 0 aromatic heterocycles. The van der Waals surface area contributed by atoms with Gasteiger partial charge in [-0.15, -0.1) is 0 Å². The lowest BCUT2D eigenvalue weighted by Gasteiger charge is -2.12. The largest absolute Gasteiger partial charge is 0.354 e. The molecule has 1 unspecified atom stereocenters. The lowest BCUT2D eigenvalue weighted by atomic mass is 10.1. The van der Waals surface area contributed by atoms with E-state index >= 15 is 0 Å².